The molecule has 1 aliphatic carbocycles. The Morgan fingerprint density at radius 2 is 1.65 bits per heavy atom. The number of hydrogen-bond acceptors (Lipinski definition) is 7. The van der Waals surface area contributed by atoms with Crippen molar-refractivity contribution in [1.29, 1.82) is 0 Å². The molecule has 4 atom stereocenters. The predicted molar refractivity (Wildman–Crippen MR) is 189 cm³/mol. The molecule has 8 nitrogen and oxygen atoms in total. The lowest BCUT2D eigenvalue weighted by Crippen LogP contribution is -2.46. The zero-order valence-electron chi connectivity index (χ0n) is 27.1. The molecule has 0 saturated carbocycles. The summed E-state index contributed by atoms with van der Waals surface area (Å²) in [5, 5.41) is 26.4. The average Bonchev–Trinajstić information content (AvgIpc) is 3.34. The number of imide groups is 1. The molecule has 244 valence electrons. The van der Waals surface area contributed by atoms with Gasteiger partial charge in [-0.1, -0.05) is 60.2 Å². The molecule has 2 amide bonds. The Morgan fingerprint density at radius 3 is 2.40 bits per heavy atom. The Balaban J connectivity index is 1.12. The van der Waals surface area contributed by atoms with Gasteiger partial charge in [0.25, 0.3) is 0 Å². The van der Waals surface area contributed by atoms with Gasteiger partial charge in [0.15, 0.2) is 0 Å². The van der Waals surface area contributed by atoms with Gasteiger partial charge in [-0.2, -0.15) is 0 Å². The zero-order valence-corrected chi connectivity index (χ0v) is 27.1. The molecule has 0 unspecified atom stereocenters. The molecule has 0 spiro atoms. The fourth-order valence-electron chi connectivity index (χ4n) is 7.84. The molecule has 0 bridgehead atoms. The van der Waals surface area contributed by atoms with Crippen molar-refractivity contribution < 1.29 is 29.1 Å². The number of hydrogen-bond donors (Lipinski definition) is 3. The van der Waals surface area contributed by atoms with E-state index in [-0.39, 0.29) is 29.8 Å². The number of benzene rings is 4. The van der Waals surface area contributed by atoms with Crippen LogP contribution in [-0.2, 0) is 19.0 Å². The summed E-state index contributed by atoms with van der Waals surface area (Å²) in [7, 11) is 0.590. The number of aromatic hydroxyl groups is 1. The molecule has 48 heavy (non-hydrogen) atoms. The summed E-state index contributed by atoms with van der Waals surface area (Å²) in [6, 6.07) is 28.6. The number of nitrogens with zero attached hydrogens (tertiary/aromatic N) is 1. The highest BCUT2D eigenvalue weighted by Gasteiger charge is 2.57. The number of allylic oxidation sites excluding steroid dienone is 1. The van der Waals surface area contributed by atoms with Crippen LogP contribution in [0.15, 0.2) is 108 Å². The number of ether oxygens (including phenoxy) is 1. The number of fused-ring (bicyclic) bond motifs is 4. The second-order valence-corrected chi connectivity index (χ2v) is 13.0. The minimum absolute atomic E-state index is 0.209. The van der Waals surface area contributed by atoms with Gasteiger partial charge in [0.2, 0.25) is 11.8 Å². The summed E-state index contributed by atoms with van der Waals surface area (Å²) in [5.74, 6) is -1.60. The first-order chi connectivity index (χ1) is 23.3. The van der Waals surface area contributed by atoms with Crippen LogP contribution >= 0.6 is 0 Å². The highest BCUT2D eigenvalue weighted by Crippen LogP contribution is 2.51. The Kier molecular flexibility index (Phi) is 8.92. The van der Waals surface area contributed by atoms with E-state index >= 15 is 0 Å². The van der Waals surface area contributed by atoms with Crippen LogP contribution in [0, 0.1) is 17.8 Å². The van der Waals surface area contributed by atoms with Gasteiger partial charge in [0.05, 0.1) is 30.2 Å². The van der Waals surface area contributed by atoms with Crippen LogP contribution < -0.4 is 10.2 Å². The third-order valence-electron chi connectivity index (χ3n) is 9.95. The maximum absolute atomic E-state index is 14.1. The van der Waals surface area contributed by atoms with Crippen LogP contribution in [0.2, 0.25) is 6.32 Å². The number of phenolic OH excluding ortho intramolecular Hbond substituents is 1. The number of amides is 2. The SMILES string of the molecule is COCC1=C2[C@@H](CC/C(C)=C/c3ccc(O)c4ccccc34)OB(O)C[C@@H]2[C@@H]2C(=O)N(c3ccc(Nc4ccccc4)cc3)C(=O)[C@@H]2C1. The maximum atomic E-state index is 14.1. The van der Waals surface area contributed by atoms with E-state index in [9.17, 15) is 19.7 Å². The number of anilines is 3. The summed E-state index contributed by atoms with van der Waals surface area (Å²) in [4.78, 5) is 29.4. The Morgan fingerprint density at radius 1 is 0.938 bits per heavy atom. The Hall–Kier alpha value is -4.70. The monoisotopic (exact) mass is 642 g/mol. The molecule has 0 aromatic heterocycles. The van der Waals surface area contributed by atoms with Gasteiger partial charge < -0.3 is 24.8 Å². The Bertz CT molecular complexity index is 1910. The summed E-state index contributed by atoms with van der Waals surface area (Å²) in [6.45, 7) is 2.40. The van der Waals surface area contributed by atoms with Crippen molar-refractivity contribution in [3.8, 4) is 5.75 Å². The quantitative estimate of drug-likeness (QED) is 0.101. The minimum Gasteiger partial charge on any atom is -0.507 e. The highest BCUT2D eigenvalue weighted by atomic mass is 16.5. The second kappa shape index (κ2) is 13.4. The molecule has 2 fully saturated rings. The first kappa shape index (κ1) is 31.9. The molecule has 2 heterocycles. The number of carbonyl (C=O) groups excluding carboxylic acids is 2. The van der Waals surface area contributed by atoms with Crippen LogP contribution in [-0.4, -0.2) is 48.9 Å². The zero-order chi connectivity index (χ0) is 33.4. The third-order valence-corrected chi connectivity index (χ3v) is 9.95. The Labute approximate surface area is 280 Å². The molecule has 2 aliphatic heterocycles. The van der Waals surface area contributed by atoms with E-state index < -0.39 is 25.1 Å². The van der Waals surface area contributed by atoms with Crippen LogP contribution in [0.1, 0.15) is 31.7 Å². The van der Waals surface area contributed by atoms with Crippen molar-refractivity contribution in [3.63, 3.8) is 0 Å². The van der Waals surface area contributed by atoms with Crippen LogP contribution in [0.3, 0.4) is 0 Å². The van der Waals surface area contributed by atoms with E-state index in [1.54, 1.807) is 25.3 Å². The lowest BCUT2D eigenvalue weighted by Gasteiger charge is -2.43. The van der Waals surface area contributed by atoms with E-state index in [0.717, 1.165) is 44.4 Å². The van der Waals surface area contributed by atoms with Crippen molar-refractivity contribution >= 4 is 52.8 Å². The van der Waals surface area contributed by atoms with Gasteiger partial charge in [-0.3, -0.25) is 14.5 Å². The standard InChI is InChI=1S/C39H39BN2O6/c1-24(20-25-13-18-34(43)31-11-7-6-10-30(25)31)12-19-35-36-26(23-47-2)21-32-37(33(36)22-40(46)48-35)39(45)42(38(32)44)29-16-14-28(15-17-29)41-27-8-4-3-5-9-27/h3-11,13-18,20,32-33,35,37,41,43,46H,12,19,21-23H2,1-2H3/b24-20+/t32-,33+,35-,37-/m1/s1. The molecular formula is C39H39BN2O6. The summed E-state index contributed by atoms with van der Waals surface area (Å²) in [6.07, 6.45) is 3.68. The van der Waals surface area contributed by atoms with Crippen molar-refractivity contribution in [2.75, 3.05) is 23.9 Å². The topological polar surface area (TPSA) is 108 Å². The van der Waals surface area contributed by atoms with E-state index in [1.807, 2.05) is 72.8 Å². The lowest BCUT2D eigenvalue weighted by atomic mass is 9.58. The van der Waals surface area contributed by atoms with Gasteiger partial charge in [0.1, 0.15) is 5.75 Å². The molecule has 9 heteroatoms. The van der Waals surface area contributed by atoms with Gasteiger partial charge in [-0.15, -0.1) is 0 Å². The van der Waals surface area contributed by atoms with Gasteiger partial charge in [0, 0.05) is 23.9 Å². The molecule has 4 aromatic rings. The fourth-order valence-corrected chi connectivity index (χ4v) is 7.84. The lowest BCUT2D eigenvalue weighted by molar-refractivity contribution is -0.122. The van der Waals surface area contributed by atoms with E-state index in [0.29, 0.717) is 31.6 Å². The molecule has 2 saturated heterocycles. The average molecular weight is 643 g/mol. The van der Waals surface area contributed by atoms with Crippen LogP contribution in [0.25, 0.3) is 16.8 Å². The summed E-state index contributed by atoms with van der Waals surface area (Å²) < 4.78 is 11.8. The highest BCUT2D eigenvalue weighted by molar-refractivity contribution is 6.43. The molecule has 3 aliphatic rings. The minimum atomic E-state index is -1.04. The fraction of sp³-hybridized carbons (Fsp3) is 0.282. The maximum Gasteiger partial charge on any atom is 0.455 e. The second-order valence-electron chi connectivity index (χ2n) is 13.0. The number of para-hydroxylation sites is 1. The number of carbonyl (C=O) groups is 2. The van der Waals surface area contributed by atoms with Gasteiger partial charge in [-0.05, 0) is 103 Å². The smallest absolute Gasteiger partial charge is 0.455 e. The van der Waals surface area contributed by atoms with E-state index in [4.69, 9.17) is 9.39 Å². The molecule has 0 radical (unpaired) electrons. The summed E-state index contributed by atoms with van der Waals surface area (Å²) in [5.41, 5.74) is 6.46. The first-order valence-electron chi connectivity index (χ1n) is 16.5. The van der Waals surface area contributed by atoms with Crippen molar-refractivity contribution in [2.45, 2.75) is 38.6 Å². The van der Waals surface area contributed by atoms with E-state index in [2.05, 4.69) is 18.3 Å². The number of methoxy groups -OCH3 is 1. The predicted octanol–water partition coefficient (Wildman–Crippen LogP) is 7.12. The van der Waals surface area contributed by atoms with Crippen LogP contribution in [0.4, 0.5) is 17.1 Å². The van der Waals surface area contributed by atoms with E-state index in [1.165, 1.54) is 4.90 Å². The van der Waals surface area contributed by atoms with Crippen LogP contribution in [0.5, 0.6) is 5.75 Å². The summed E-state index contributed by atoms with van der Waals surface area (Å²) >= 11 is 0. The molecule has 3 N–H and O–H groups in total. The molecular weight excluding hydrogens is 603 g/mol. The number of rotatable bonds is 9. The van der Waals surface area contributed by atoms with Crippen molar-refractivity contribution in [1.82, 2.24) is 0 Å². The first-order valence-corrected chi connectivity index (χ1v) is 16.5. The third kappa shape index (κ3) is 6.05. The number of nitrogens with one attached hydrogen (secondary N) is 1. The largest absolute Gasteiger partial charge is 0.507 e. The molecule has 7 rings (SSSR count). The van der Waals surface area contributed by atoms with Gasteiger partial charge >= 0.3 is 7.12 Å². The molecule has 4 aromatic carbocycles. The number of phenols is 1. The van der Waals surface area contributed by atoms with Crippen molar-refractivity contribution in [3.05, 3.63) is 113 Å². The van der Waals surface area contributed by atoms with Gasteiger partial charge in [-0.25, -0.2) is 0 Å². The van der Waals surface area contributed by atoms with Crippen molar-refractivity contribution in [2.24, 2.45) is 17.8 Å². The normalized spacial score (nSPS) is 22.7.